The number of hydrogen-bond acceptors (Lipinski definition) is 3. The van der Waals surface area contributed by atoms with Gasteiger partial charge in [0.15, 0.2) is 0 Å². The van der Waals surface area contributed by atoms with E-state index in [9.17, 15) is 0 Å². The van der Waals surface area contributed by atoms with Gasteiger partial charge in [0.25, 0.3) is 0 Å². The minimum absolute atomic E-state index is 0.331. The van der Waals surface area contributed by atoms with E-state index in [1.54, 1.807) is 18.3 Å². The molecular weight excluding hydrogens is 391 g/mol. The summed E-state index contributed by atoms with van der Waals surface area (Å²) in [6.07, 6.45) is 3.73. The van der Waals surface area contributed by atoms with Gasteiger partial charge in [-0.05, 0) is 42.3 Å². The molecule has 0 N–H and O–H groups in total. The quantitative estimate of drug-likeness (QED) is 0.415. The highest BCUT2D eigenvalue weighted by atomic mass is 35.5. The molecule has 0 aliphatic carbocycles. The van der Waals surface area contributed by atoms with Crippen LogP contribution in [0.4, 0.5) is 0 Å². The summed E-state index contributed by atoms with van der Waals surface area (Å²) in [5.41, 5.74) is 3.24. The second-order valence-corrected chi connectivity index (χ2v) is 7.03. The van der Waals surface area contributed by atoms with Gasteiger partial charge in [-0.1, -0.05) is 60.3 Å². The first-order valence-corrected chi connectivity index (χ1v) is 9.43. The van der Waals surface area contributed by atoms with Crippen molar-refractivity contribution in [2.24, 2.45) is 0 Å². The Morgan fingerprint density at radius 1 is 0.923 bits per heavy atom. The van der Waals surface area contributed by atoms with E-state index in [1.165, 1.54) is 0 Å². The van der Waals surface area contributed by atoms with Gasteiger partial charge in [0.2, 0.25) is 0 Å². The molecule has 1 heterocycles. The second kappa shape index (κ2) is 8.72. The van der Waals surface area contributed by atoms with Crippen LogP contribution in [0.2, 0.25) is 15.1 Å². The molecule has 3 nitrogen and oxygen atoms in total. The van der Waals surface area contributed by atoms with Gasteiger partial charge in [-0.3, -0.25) is 0 Å². The lowest BCUT2D eigenvalue weighted by Gasteiger charge is -2.13. The molecule has 0 aliphatic rings. The van der Waals surface area contributed by atoms with Crippen molar-refractivity contribution in [3.8, 4) is 28.4 Å². The van der Waals surface area contributed by atoms with E-state index in [0.29, 0.717) is 33.4 Å². The maximum atomic E-state index is 6.42. The molecule has 0 saturated heterocycles. The molecule has 0 unspecified atom stereocenters. The predicted octanol–water partition coefficient (Wildman–Crippen LogP) is 6.95. The summed E-state index contributed by atoms with van der Waals surface area (Å²) in [7, 11) is 0. The van der Waals surface area contributed by atoms with Crippen LogP contribution in [0.1, 0.15) is 19.8 Å². The summed E-state index contributed by atoms with van der Waals surface area (Å²) >= 11 is 18.5. The summed E-state index contributed by atoms with van der Waals surface area (Å²) < 4.78 is 5.67. The molecule has 0 bridgehead atoms. The van der Waals surface area contributed by atoms with Crippen LogP contribution in [0.3, 0.4) is 0 Å². The van der Waals surface area contributed by atoms with Gasteiger partial charge < -0.3 is 4.74 Å². The van der Waals surface area contributed by atoms with Crippen molar-refractivity contribution in [3.63, 3.8) is 0 Å². The molecule has 26 heavy (non-hydrogen) atoms. The molecule has 3 rings (SSSR count). The number of hydrogen-bond donors (Lipinski definition) is 0. The number of benzene rings is 2. The summed E-state index contributed by atoms with van der Waals surface area (Å²) in [6, 6.07) is 13.2. The standard InChI is InChI=1S/C20H17Cl3N2O/c1-2-3-10-26-20-24-12-17(13-4-6-14(21)7-5-13)19(25-20)16-9-8-15(22)11-18(16)23/h4-9,11-12H,2-3,10H2,1H3. The average Bonchev–Trinajstić information content (AvgIpc) is 2.63. The van der Waals surface area contributed by atoms with Gasteiger partial charge in [-0.15, -0.1) is 0 Å². The van der Waals surface area contributed by atoms with Gasteiger partial charge >= 0.3 is 6.01 Å². The van der Waals surface area contributed by atoms with E-state index < -0.39 is 0 Å². The number of unbranched alkanes of at least 4 members (excludes halogenated alkanes) is 1. The first kappa shape index (κ1) is 19.0. The number of rotatable bonds is 6. The molecule has 0 fully saturated rings. The van der Waals surface area contributed by atoms with Gasteiger partial charge in [0.1, 0.15) is 0 Å². The van der Waals surface area contributed by atoms with Crippen molar-refractivity contribution < 1.29 is 4.74 Å². The third kappa shape index (κ3) is 4.47. The van der Waals surface area contributed by atoms with Crippen molar-refractivity contribution in [2.45, 2.75) is 19.8 Å². The molecule has 0 amide bonds. The third-order valence-corrected chi connectivity index (χ3v) is 4.64. The first-order chi connectivity index (χ1) is 12.6. The largest absolute Gasteiger partial charge is 0.463 e. The lowest BCUT2D eigenvalue weighted by molar-refractivity contribution is 0.286. The van der Waals surface area contributed by atoms with Crippen molar-refractivity contribution in [2.75, 3.05) is 6.61 Å². The zero-order chi connectivity index (χ0) is 18.5. The first-order valence-electron chi connectivity index (χ1n) is 8.29. The highest BCUT2D eigenvalue weighted by molar-refractivity contribution is 6.36. The fraction of sp³-hybridized carbons (Fsp3) is 0.200. The Hall–Kier alpha value is -1.81. The molecule has 1 aromatic heterocycles. The monoisotopic (exact) mass is 406 g/mol. The number of halogens is 3. The Kier molecular flexibility index (Phi) is 6.36. The third-order valence-electron chi connectivity index (χ3n) is 3.84. The van der Waals surface area contributed by atoms with Crippen molar-refractivity contribution in [3.05, 3.63) is 63.7 Å². The molecular formula is C20H17Cl3N2O. The number of ether oxygens (including phenoxy) is 1. The highest BCUT2D eigenvalue weighted by Gasteiger charge is 2.15. The van der Waals surface area contributed by atoms with Crippen LogP contribution in [0.25, 0.3) is 22.4 Å². The Balaban J connectivity index is 2.09. The van der Waals surface area contributed by atoms with Gasteiger partial charge in [0, 0.05) is 27.4 Å². The van der Waals surface area contributed by atoms with Crippen molar-refractivity contribution >= 4 is 34.8 Å². The van der Waals surface area contributed by atoms with E-state index in [0.717, 1.165) is 29.5 Å². The van der Waals surface area contributed by atoms with Crippen LogP contribution in [-0.2, 0) is 0 Å². The molecule has 2 aromatic carbocycles. The Morgan fingerprint density at radius 2 is 1.65 bits per heavy atom. The van der Waals surface area contributed by atoms with Crippen LogP contribution >= 0.6 is 34.8 Å². The maximum absolute atomic E-state index is 6.42. The maximum Gasteiger partial charge on any atom is 0.316 e. The molecule has 0 radical (unpaired) electrons. The van der Waals surface area contributed by atoms with E-state index in [4.69, 9.17) is 39.5 Å². The fourth-order valence-corrected chi connectivity index (χ4v) is 3.09. The van der Waals surface area contributed by atoms with Crippen molar-refractivity contribution in [1.29, 1.82) is 0 Å². The minimum Gasteiger partial charge on any atom is -0.463 e. The van der Waals surface area contributed by atoms with E-state index >= 15 is 0 Å². The average molecular weight is 408 g/mol. The zero-order valence-corrected chi connectivity index (χ0v) is 16.4. The van der Waals surface area contributed by atoms with Gasteiger partial charge in [-0.2, -0.15) is 4.98 Å². The van der Waals surface area contributed by atoms with E-state index in [-0.39, 0.29) is 0 Å². The predicted molar refractivity (Wildman–Crippen MR) is 108 cm³/mol. The van der Waals surface area contributed by atoms with Crippen LogP contribution in [-0.4, -0.2) is 16.6 Å². The van der Waals surface area contributed by atoms with Crippen LogP contribution in [0.15, 0.2) is 48.7 Å². The summed E-state index contributed by atoms with van der Waals surface area (Å²) in [6.45, 7) is 2.68. The molecule has 6 heteroatoms. The summed E-state index contributed by atoms with van der Waals surface area (Å²) in [5, 5.41) is 1.76. The van der Waals surface area contributed by atoms with Crippen LogP contribution in [0.5, 0.6) is 6.01 Å². The molecule has 0 atom stereocenters. The van der Waals surface area contributed by atoms with Gasteiger partial charge in [0.05, 0.1) is 17.3 Å². The fourth-order valence-electron chi connectivity index (χ4n) is 2.47. The van der Waals surface area contributed by atoms with Crippen molar-refractivity contribution in [1.82, 2.24) is 9.97 Å². The van der Waals surface area contributed by atoms with E-state index in [1.807, 2.05) is 30.3 Å². The normalized spacial score (nSPS) is 10.8. The smallest absolute Gasteiger partial charge is 0.316 e. The lowest BCUT2D eigenvalue weighted by Crippen LogP contribution is -2.02. The second-order valence-electron chi connectivity index (χ2n) is 5.75. The van der Waals surface area contributed by atoms with Crippen LogP contribution < -0.4 is 4.74 Å². The highest BCUT2D eigenvalue weighted by Crippen LogP contribution is 2.36. The Morgan fingerprint density at radius 3 is 2.35 bits per heavy atom. The summed E-state index contributed by atoms with van der Waals surface area (Å²) in [5.74, 6) is 0. The Bertz CT molecular complexity index is 898. The molecule has 0 saturated carbocycles. The van der Waals surface area contributed by atoms with E-state index in [2.05, 4.69) is 16.9 Å². The lowest BCUT2D eigenvalue weighted by atomic mass is 10.0. The SMILES string of the molecule is CCCCOc1ncc(-c2ccc(Cl)cc2)c(-c2ccc(Cl)cc2Cl)n1. The minimum atomic E-state index is 0.331. The molecule has 3 aromatic rings. The number of nitrogens with zero attached hydrogens (tertiary/aromatic N) is 2. The molecule has 134 valence electrons. The topological polar surface area (TPSA) is 35.0 Å². The van der Waals surface area contributed by atoms with Gasteiger partial charge in [-0.25, -0.2) is 4.98 Å². The zero-order valence-electron chi connectivity index (χ0n) is 14.2. The van der Waals surface area contributed by atoms with Crippen LogP contribution in [0, 0.1) is 0 Å². The Labute approximate surface area is 167 Å². The number of aromatic nitrogens is 2. The molecule has 0 aliphatic heterocycles. The summed E-state index contributed by atoms with van der Waals surface area (Å²) in [4.78, 5) is 8.96. The molecule has 0 spiro atoms.